The molecule has 0 spiro atoms. The maximum absolute atomic E-state index is 11.7. The normalized spacial score (nSPS) is 11.4. The second-order valence-corrected chi connectivity index (χ2v) is 3.39. The average molecular weight is 213 g/mol. The summed E-state index contributed by atoms with van der Waals surface area (Å²) in [4.78, 5) is 0. The Morgan fingerprint density at radius 3 is 2.44 bits per heavy atom. The highest BCUT2D eigenvalue weighted by molar-refractivity contribution is 5.77. The van der Waals surface area contributed by atoms with E-state index < -0.39 is 0 Å². The Hall–Kier alpha value is -2.29. The predicted molar refractivity (Wildman–Crippen MR) is 63.0 cm³/mol. The Kier molecular flexibility index (Phi) is 2.87. The van der Waals surface area contributed by atoms with E-state index in [1.807, 2.05) is 6.07 Å². The van der Waals surface area contributed by atoms with Crippen LogP contribution in [0.3, 0.4) is 0 Å². The van der Waals surface area contributed by atoms with Crippen LogP contribution in [0.1, 0.15) is 5.56 Å². The van der Waals surface area contributed by atoms with Crippen LogP contribution < -0.4 is 0 Å². The van der Waals surface area contributed by atoms with Crippen LogP contribution in [0.25, 0.3) is 0 Å². The van der Waals surface area contributed by atoms with Crippen LogP contribution >= 0.6 is 0 Å². The Labute approximate surface area is 93.5 Å². The van der Waals surface area contributed by atoms with E-state index in [0.717, 1.165) is 4.74 Å². The van der Waals surface area contributed by atoms with Gasteiger partial charge in [0.15, 0.2) is 6.21 Å². The predicted octanol–water partition coefficient (Wildman–Crippen LogP) is 2.65. The summed E-state index contributed by atoms with van der Waals surface area (Å²) in [5, 5.41) is 21.0. The van der Waals surface area contributed by atoms with Crippen molar-refractivity contribution in [2.45, 2.75) is 0 Å². The summed E-state index contributed by atoms with van der Waals surface area (Å²) in [5.41, 5.74) is 1.23. The van der Waals surface area contributed by atoms with Crippen LogP contribution in [0, 0.1) is 5.21 Å². The minimum atomic E-state index is 0.148. The highest BCUT2D eigenvalue weighted by Crippen LogP contribution is 2.12. The number of hydrogen-bond donors (Lipinski definition) is 1. The molecule has 0 heterocycles. The number of para-hydroxylation sites is 1. The molecule has 0 aliphatic rings. The quantitative estimate of drug-likeness (QED) is 0.361. The van der Waals surface area contributed by atoms with E-state index >= 15 is 0 Å². The SMILES string of the molecule is [O-]/[N+](=C\c1cccc(O)c1)c1ccccc1. The molecule has 16 heavy (non-hydrogen) atoms. The summed E-state index contributed by atoms with van der Waals surface area (Å²) in [6.07, 6.45) is 1.43. The third kappa shape index (κ3) is 2.39. The van der Waals surface area contributed by atoms with Crippen molar-refractivity contribution in [1.82, 2.24) is 0 Å². The molecule has 80 valence electrons. The van der Waals surface area contributed by atoms with E-state index in [1.165, 1.54) is 12.3 Å². The Balaban J connectivity index is 2.32. The van der Waals surface area contributed by atoms with E-state index in [9.17, 15) is 10.3 Å². The first-order valence-corrected chi connectivity index (χ1v) is 4.91. The molecule has 0 amide bonds. The van der Waals surface area contributed by atoms with Gasteiger partial charge in [-0.1, -0.05) is 24.3 Å². The molecule has 2 rings (SSSR count). The van der Waals surface area contributed by atoms with Gasteiger partial charge in [-0.15, -0.1) is 0 Å². The number of phenolic OH excluding ortho intramolecular Hbond substituents is 1. The highest BCUT2D eigenvalue weighted by atomic mass is 16.5. The third-order valence-electron chi connectivity index (χ3n) is 2.15. The molecular weight excluding hydrogens is 202 g/mol. The lowest BCUT2D eigenvalue weighted by molar-refractivity contribution is -0.354. The van der Waals surface area contributed by atoms with Crippen molar-refractivity contribution in [2.24, 2.45) is 0 Å². The molecule has 0 radical (unpaired) electrons. The standard InChI is InChI=1S/C13H11NO2/c15-13-8-4-5-11(9-13)10-14(16)12-6-2-1-3-7-12/h1-10,15H/b14-10-. The molecule has 0 fully saturated rings. The second kappa shape index (κ2) is 4.49. The van der Waals surface area contributed by atoms with Gasteiger partial charge in [0.25, 0.3) is 0 Å². The van der Waals surface area contributed by atoms with Gasteiger partial charge in [-0.05, 0) is 18.2 Å². The number of aromatic hydroxyl groups is 1. The molecule has 1 N–H and O–H groups in total. The van der Waals surface area contributed by atoms with E-state index in [0.29, 0.717) is 11.3 Å². The zero-order chi connectivity index (χ0) is 11.4. The average Bonchev–Trinajstić information content (AvgIpc) is 2.30. The first kappa shape index (κ1) is 10.2. The topological polar surface area (TPSA) is 46.3 Å². The highest BCUT2D eigenvalue weighted by Gasteiger charge is 2.00. The van der Waals surface area contributed by atoms with Gasteiger partial charge in [0, 0.05) is 17.7 Å². The maximum atomic E-state index is 11.7. The Morgan fingerprint density at radius 1 is 1.00 bits per heavy atom. The van der Waals surface area contributed by atoms with E-state index in [1.54, 1.807) is 42.5 Å². The van der Waals surface area contributed by atoms with Crippen LogP contribution in [0.2, 0.25) is 0 Å². The summed E-state index contributed by atoms with van der Waals surface area (Å²) in [5.74, 6) is 0.148. The van der Waals surface area contributed by atoms with E-state index in [4.69, 9.17) is 0 Å². The fourth-order valence-electron chi connectivity index (χ4n) is 1.39. The fourth-order valence-corrected chi connectivity index (χ4v) is 1.39. The van der Waals surface area contributed by atoms with Crippen molar-refractivity contribution in [3.05, 3.63) is 65.4 Å². The van der Waals surface area contributed by atoms with Gasteiger partial charge in [-0.2, -0.15) is 4.74 Å². The first-order chi connectivity index (χ1) is 7.75. The van der Waals surface area contributed by atoms with Crippen LogP contribution in [0.4, 0.5) is 5.69 Å². The fraction of sp³-hybridized carbons (Fsp3) is 0. The monoisotopic (exact) mass is 213 g/mol. The van der Waals surface area contributed by atoms with Crippen LogP contribution in [-0.4, -0.2) is 16.1 Å². The molecule has 0 aliphatic carbocycles. The smallest absolute Gasteiger partial charge is 0.216 e. The van der Waals surface area contributed by atoms with Gasteiger partial charge in [-0.25, -0.2) is 0 Å². The van der Waals surface area contributed by atoms with Gasteiger partial charge in [0.2, 0.25) is 5.69 Å². The summed E-state index contributed by atoms with van der Waals surface area (Å²) in [6, 6.07) is 15.5. The number of rotatable bonds is 2. The third-order valence-corrected chi connectivity index (χ3v) is 2.15. The van der Waals surface area contributed by atoms with Crippen molar-refractivity contribution in [2.75, 3.05) is 0 Å². The molecule has 0 bridgehead atoms. The largest absolute Gasteiger partial charge is 0.618 e. The van der Waals surface area contributed by atoms with Crippen molar-refractivity contribution in [1.29, 1.82) is 0 Å². The number of nitrogens with zero attached hydrogens (tertiary/aromatic N) is 1. The second-order valence-electron chi connectivity index (χ2n) is 3.39. The summed E-state index contributed by atoms with van der Waals surface area (Å²) in [7, 11) is 0. The molecule has 0 saturated heterocycles. The van der Waals surface area contributed by atoms with Gasteiger partial charge in [0.1, 0.15) is 5.75 Å². The van der Waals surface area contributed by atoms with Crippen molar-refractivity contribution >= 4 is 11.9 Å². The lowest BCUT2D eigenvalue weighted by atomic mass is 10.2. The molecule has 0 saturated carbocycles. The minimum absolute atomic E-state index is 0.148. The number of phenols is 1. The molecule has 0 unspecified atom stereocenters. The Bertz CT molecular complexity index is 506. The van der Waals surface area contributed by atoms with E-state index in [2.05, 4.69) is 0 Å². The summed E-state index contributed by atoms with van der Waals surface area (Å²) < 4.78 is 0.773. The zero-order valence-corrected chi connectivity index (χ0v) is 8.58. The van der Waals surface area contributed by atoms with Gasteiger partial charge in [-0.3, -0.25) is 0 Å². The number of benzene rings is 2. The minimum Gasteiger partial charge on any atom is -0.618 e. The number of hydrogen-bond acceptors (Lipinski definition) is 2. The summed E-state index contributed by atoms with van der Waals surface area (Å²) >= 11 is 0. The molecule has 2 aromatic carbocycles. The van der Waals surface area contributed by atoms with Gasteiger partial charge in [0.05, 0.1) is 0 Å². The molecule has 2 aromatic rings. The van der Waals surface area contributed by atoms with Crippen molar-refractivity contribution in [3.8, 4) is 5.75 Å². The Morgan fingerprint density at radius 2 is 1.75 bits per heavy atom. The first-order valence-electron chi connectivity index (χ1n) is 4.91. The van der Waals surface area contributed by atoms with Crippen molar-refractivity contribution < 1.29 is 9.85 Å². The molecule has 3 nitrogen and oxygen atoms in total. The van der Waals surface area contributed by atoms with Gasteiger partial charge < -0.3 is 10.3 Å². The molecule has 0 aliphatic heterocycles. The lowest BCUT2D eigenvalue weighted by Gasteiger charge is -2.02. The van der Waals surface area contributed by atoms with Crippen LogP contribution in [0.15, 0.2) is 54.6 Å². The molecule has 0 atom stereocenters. The van der Waals surface area contributed by atoms with Crippen LogP contribution in [-0.2, 0) is 0 Å². The van der Waals surface area contributed by atoms with Crippen LogP contribution in [0.5, 0.6) is 5.75 Å². The van der Waals surface area contributed by atoms with Crippen molar-refractivity contribution in [3.63, 3.8) is 0 Å². The summed E-state index contributed by atoms with van der Waals surface area (Å²) in [6.45, 7) is 0. The molecule has 0 aromatic heterocycles. The maximum Gasteiger partial charge on any atom is 0.216 e. The van der Waals surface area contributed by atoms with Gasteiger partial charge >= 0.3 is 0 Å². The van der Waals surface area contributed by atoms with E-state index in [-0.39, 0.29) is 5.75 Å². The molecular formula is C13H11NO2. The molecule has 3 heteroatoms. The lowest BCUT2D eigenvalue weighted by Crippen LogP contribution is -1.98. The zero-order valence-electron chi connectivity index (χ0n) is 8.58.